The van der Waals surface area contributed by atoms with E-state index >= 15 is 0 Å². The Balaban J connectivity index is 1.35. The molecule has 0 aliphatic heterocycles. The highest BCUT2D eigenvalue weighted by Gasteiger charge is 2.71. The third-order valence-electron chi connectivity index (χ3n) is 15.3. The normalized spacial score (nSPS) is 48.8. The average Bonchev–Trinajstić information content (AvgIpc) is 3.35. The molecule has 0 aromatic heterocycles. The number of hydrogen-bond donors (Lipinski definition) is 5. The van der Waals surface area contributed by atoms with Crippen LogP contribution in [0, 0.1) is 51.2 Å². The topological polar surface area (TPSA) is 137 Å². The Bertz CT molecular complexity index is 1180. The highest BCUT2D eigenvalue weighted by molar-refractivity contribution is 5.65. The second-order valence-corrected chi connectivity index (χ2v) is 18.4. The Labute approximate surface area is 283 Å². The van der Waals surface area contributed by atoms with Gasteiger partial charge in [0, 0.05) is 12.8 Å². The van der Waals surface area contributed by atoms with Crippen molar-refractivity contribution < 1.29 is 39.8 Å². The zero-order chi connectivity index (χ0) is 34.9. The van der Waals surface area contributed by atoms with E-state index in [1.807, 2.05) is 6.92 Å². The lowest BCUT2D eigenvalue weighted by Gasteiger charge is -2.71. The maximum absolute atomic E-state index is 12.1. The van der Waals surface area contributed by atoms with Crippen LogP contribution in [0.4, 0.5) is 0 Å². The van der Waals surface area contributed by atoms with Crippen molar-refractivity contribution in [2.24, 2.45) is 51.2 Å². The molecule has 5 fully saturated rings. The Kier molecular flexibility index (Phi) is 10.3. The van der Waals surface area contributed by atoms with E-state index in [0.29, 0.717) is 24.7 Å². The molecule has 5 N–H and O–H groups in total. The molecule has 0 heterocycles. The van der Waals surface area contributed by atoms with E-state index in [9.17, 15) is 30.3 Å². The van der Waals surface area contributed by atoms with E-state index in [2.05, 4.69) is 54.5 Å². The first-order chi connectivity index (χ1) is 21.7. The highest BCUT2D eigenvalue weighted by atomic mass is 16.5. The van der Waals surface area contributed by atoms with Gasteiger partial charge in [0.05, 0.1) is 36.6 Å². The van der Waals surface area contributed by atoms with Crippen LogP contribution in [0.5, 0.6) is 0 Å². The smallest absolute Gasteiger partial charge is 0.302 e. The van der Waals surface area contributed by atoms with Gasteiger partial charge in [0.1, 0.15) is 12.2 Å². The zero-order valence-corrected chi connectivity index (χ0v) is 30.7. The highest BCUT2D eigenvalue weighted by Crippen LogP contribution is 2.76. The predicted octanol–water partition coefficient (Wildman–Crippen LogP) is 5.56. The van der Waals surface area contributed by atoms with Crippen LogP contribution in [-0.4, -0.2) is 80.3 Å². The molecule has 0 aromatic rings. The van der Waals surface area contributed by atoms with Crippen LogP contribution in [0.1, 0.15) is 127 Å². The SMILES string of the molecule is CC(=O)OCC1CC(OC2CCC3(C)C(CCC4(C)C3CC(O)C3C(C(C)(O)CCC=C(C)C)CCC34C)C2(C)C)C(O)C(O)C1O. The lowest BCUT2D eigenvalue weighted by Crippen LogP contribution is -2.67. The number of ether oxygens (including phenoxy) is 2. The lowest BCUT2D eigenvalue weighted by atomic mass is 9.35. The molecule has 5 rings (SSSR count). The number of carbonyl (C=O) groups is 1. The molecule has 0 aromatic carbocycles. The molecule has 0 saturated heterocycles. The van der Waals surface area contributed by atoms with E-state index in [1.165, 1.54) is 12.5 Å². The van der Waals surface area contributed by atoms with Crippen LogP contribution in [0.15, 0.2) is 11.6 Å². The Hall–Kier alpha value is -1.03. The summed E-state index contributed by atoms with van der Waals surface area (Å²) in [5.41, 5.74) is 0.200. The molecular weight excluding hydrogens is 596 g/mol. The molecule has 8 heteroatoms. The van der Waals surface area contributed by atoms with E-state index < -0.39 is 48.0 Å². The van der Waals surface area contributed by atoms with Gasteiger partial charge in [0.25, 0.3) is 0 Å². The number of rotatable bonds is 8. The Morgan fingerprint density at radius 2 is 1.51 bits per heavy atom. The van der Waals surface area contributed by atoms with Gasteiger partial charge >= 0.3 is 5.97 Å². The minimum atomic E-state index is -1.37. The molecule has 8 nitrogen and oxygen atoms in total. The molecule has 15 atom stereocenters. The number of allylic oxidation sites excluding steroid dienone is 2. The van der Waals surface area contributed by atoms with Crippen molar-refractivity contribution in [3.05, 3.63) is 11.6 Å². The van der Waals surface area contributed by atoms with Gasteiger partial charge in [0.15, 0.2) is 0 Å². The Morgan fingerprint density at radius 3 is 2.15 bits per heavy atom. The van der Waals surface area contributed by atoms with Crippen LogP contribution in [0.25, 0.3) is 0 Å². The summed E-state index contributed by atoms with van der Waals surface area (Å²) >= 11 is 0. The number of hydrogen-bond acceptors (Lipinski definition) is 8. The monoisotopic (exact) mass is 662 g/mol. The first-order valence-corrected chi connectivity index (χ1v) is 18.6. The van der Waals surface area contributed by atoms with E-state index in [0.717, 1.165) is 51.4 Å². The van der Waals surface area contributed by atoms with Gasteiger partial charge in [-0.2, -0.15) is 0 Å². The molecule has 0 radical (unpaired) electrons. The number of aliphatic hydroxyl groups excluding tert-OH is 4. The standard InChI is InChI=1S/C39H66O8/c1-22(2)11-10-15-39(9,45)25-12-17-38(8)31(25)26(41)20-29-36(6)16-14-30(35(4,5)28(36)13-18-37(29,38)7)47-27-19-24(21-46-23(3)40)32(42)34(44)33(27)43/h11,24-34,41-45H,10,12-21H2,1-9H3. The van der Waals surface area contributed by atoms with Crippen molar-refractivity contribution >= 4 is 5.97 Å². The minimum Gasteiger partial charge on any atom is -0.465 e. The van der Waals surface area contributed by atoms with Crippen LogP contribution < -0.4 is 0 Å². The van der Waals surface area contributed by atoms with Gasteiger partial charge in [-0.25, -0.2) is 0 Å². The van der Waals surface area contributed by atoms with Gasteiger partial charge in [-0.05, 0) is 130 Å². The maximum Gasteiger partial charge on any atom is 0.302 e. The Morgan fingerprint density at radius 1 is 0.851 bits per heavy atom. The summed E-state index contributed by atoms with van der Waals surface area (Å²) in [5, 5.41) is 56.2. The second-order valence-electron chi connectivity index (χ2n) is 18.4. The molecule has 5 aliphatic carbocycles. The number of fused-ring (bicyclic) bond motifs is 5. The molecule has 47 heavy (non-hydrogen) atoms. The van der Waals surface area contributed by atoms with E-state index in [1.54, 1.807) is 0 Å². The van der Waals surface area contributed by atoms with Crippen molar-refractivity contribution in [1.82, 2.24) is 0 Å². The van der Waals surface area contributed by atoms with Gasteiger partial charge in [-0.15, -0.1) is 0 Å². The summed E-state index contributed by atoms with van der Waals surface area (Å²) in [6, 6.07) is 0. The van der Waals surface area contributed by atoms with Gasteiger partial charge in [0.2, 0.25) is 0 Å². The van der Waals surface area contributed by atoms with Crippen LogP contribution in [0.3, 0.4) is 0 Å². The van der Waals surface area contributed by atoms with Crippen LogP contribution in [0.2, 0.25) is 0 Å². The van der Waals surface area contributed by atoms with E-state index in [4.69, 9.17) is 9.47 Å². The first kappa shape index (κ1) is 37.2. The summed E-state index contributed by atoms with van der Waals surface area (Å²) in [6.45, 7) is 19.5. The van der Waals surface area contributed by atoms with Gasteiger partial charge in [-0.3, -0.25) is 4.79 Å². The molecule has 5 aliphatic rings. The summed E-state index contributed by atoms with van der Waals surface area (Å²) in [4.78, 5) is 11.5. The maximum atomic E-state index is 12.1. The fourth-order valence-electron chi connectivity index (χ4n) is 12.5. The van der Waals surface area contributed by atoms with Crippen molar-refractivity contribution in [3.63, 3.8) is 0 Å². The fourth-order valence-corrected chi connectivity index (χ4v) is 12.5. The van der Waals surface area contributed by atoms with Crippen molar-refractivity contribution in [1.29, 1.82) is 0 Å². The summed E-state index contributed by atoms with van der Waals surface area (Å²) in [7, 11) is 0. The fraction of sp³-hybridized carbons (Fsp3) is 0.923. The summed E-state index contributed by atoms with van der Waals surface area (Å²) < 4.78 is 11.9. The second kappa shape index (κ2) is 12.9. The quantitative estimate of drug-likeness (QED) is 0.168. The van der Waals surface area contributed by atoms with Crippen LogP contribution in [-0.2, 0) is 14.3 Å². The zero-order valence-electron chi connectivity index (χ0n) is 30.7. The first-order valence-electron chi connectivity index (χ1n) is 18.6. The predicted molar refractivity (Wildman–Crippen MR) is 181 cm³/mol. The van der Waals surface area contributed by atoms with Gasteiger partial charge < -0.3 is 35.0 Å². The summed E-state index contributed by atoms with van der Waals surface area (Å²) in [5.74, 6) is -0.125. The molecule has 0 spiro atoms. The van der Waals surface area contributed by atoms with Crippen molar-refractivity contribution in [2.45, 2.75) is 169 Å². The molecule has 270 valence electrons. The number of carbonyl (C=O) groups excluding carboxylic acids is 1. The van der Waals surface area contributed by atoms with E-state index in [-0.39, 0.29) is 46.2 Å². The molecular formula is C39H66O8. The van der Waals surface area contributed by atoms with Crippen LogP contribution >= 0.6 is 0 Å². The van der Waals surface area contributed by atoms with Crippen molar-refractivity contribution in [3.8, 4) is 0 Å². The third-order valence-corrected chi connectivity index (χ3v) is 15.3. The molecule has 0 bridgehead atoms. The lowest BCUT2D eigenvalue weighted by molar-refractivity contribution is -0.264. The molecule has 5 saturated carbocycles. The average molecular weight is 663 g/mol. The van der Waals surface area contributed by atoms with Gasteiger partial charge in [-0.1, -0.05) is 46.3 Å². The van der Waals surface area contributed by atoms with Crippen molar-refractivity contribution in [2.75, 3.05) is 6.61 Å². The molecule has 0 amide bonds. The number of aliphatic hydroxyl groups is 5. The third kappa shape index (κ3) is 6.17. The molecule has 15 unspecified atom stereocenters. The summed E-state index contributed by atoms with van der Waals surface area (Å²) in [6.07, 6.45) is 5.64. The largest absolute Gasteiger partial charge is 0.465 e. The minimum absolute atomic E-state index is 0.00583. The number of esters is 1.